The number of unbranched alkanes of at least 4 members (excludes halogenated alkanes) is 4. The highest BCUT2D eigenvalue weighted by Crippen LogP contribution is 2.43. The average Bonchev–Trinajstić information content (AvgIpc) is 3.62. The second-order valence-corrected chi connectivity index (χ2v) is 15.2. The van der Waals surface area contributed by atoms with Gasteiger partial charge in [-0.25, -0.2) is 4.79 Å². The van der Waals surface area contributed by atoms with E-state index in [2.05, 4.69) is 24.5 Å². The van der Waals surface area contributed by atoms with Crippen LogP contribution in [0.4, 0.5) is 0 Å². The molecule has 0 saturated carbocycles. The van der Waals surface area contributed by atoms with E-state index in [-0.39, 0.29) is 50.1 Å². The van der Waals surface area contributed by atoms with Crippen molar-refractivity contribution in [3.05, 3.63) is 88.5 Å². The molecule has 2 heterocycles. The number of carbonyl (C=O) groups is 3. The van der Waals surface area contributed by atoms with Gasteiger partial charge in [0, 0.05) is 43.5 Å². The molecule has 3 aliphatic rings. The van der Waals surface area contributed by atoms with Gasteiger partial charge in [-0.2, -0.15) is 0 Å². The zero-order valence-electron chi connectivity index (χ0n) is 33.9. The monoisotopic (exact) mass is 824 g/mol. The van der Waals surface area contributed by atoms with Gasteiger partial charge in [0.15, 0.2) is 12.1 Å². The van der Waals surface area contributed by atoms with E-state index in [0.29, 0.717) is 29.5 Å². The highest BCUT2D eigenvalue weighted by atomic mass is 16.8. The van der Waals surface area contributed by atoms with Gasteiger partial charge in [-0.1, -0.05) is 75.9 Å². The number of amides is 2. The lowest BCUT2D eigenvalue weighted by molar-refractivity contribution is -0.298. The van der Waals surface area contributed by atoms with Crippen LogP contribution < -0.4 is 10.6 Å². The number of esters is 1. The van der Waals surface area contributed by atoms with Crippen molar-refractivity contribution in [2.24, 2.45) is 0 Å². The molecular weight excluding hydrogens is 764 g/mol. The number of ether oxygens (including phenoxy) is 5. The summed E-state index contributed by atoms with van der Waals surface area (Å²) in [6.07, 6.45) is 3.59. The third-order valence-corrected chi connectivity index (χ3v) is 10.8. The Kier molecular flexibility index (Phi) is 17.6. The van der Waals surface area contributed by atoms with Crippen molar-refractivity contribution in [2.75, 3.05) is 26.4 Å². The van der Waals surface area contributed by atoms with Gasteiger partial charge in [0.2, 0.25) is 5.91 Å². The van der Waals surface area contributed by atoms with Crippen molar-refractivity contribution in [1.29, 1.82) is 0 Å². The normalized spacial score (nSPS) is 26.3. The van der Waals surface area contributed by atoms with Crippen LogP contribution in [0.1, 0.15) is 103 Å². The number of nitrogens with one attached hydrogen (secondary N) is 2. The lowest BCUT2D eigenvalue weighted by Gasteiger charge is -2.39. The molecule has 0 bridgehead atoms. The van der Waals surface area contributed by atoms with Gasteiger partial charge in [-0.3, -0.25) is 9.59 Å². The highest BCUT2D eigenvalue weighted by Gasteiger charge is 2.52. The summed E-state index contributed by atoms with van der Waals surface area (Å²) in [6.45, 7) is 3.79. The largest absolute Gasteiger partial charge is 0.456 e. The van der Waals surface area contributed by atoms with Crippen molar-refractivity contribution in [3.63, 3.8) is 0 Å². The maximum Gasteiger partial charge on any atom is 0.338 e. The van der Waals surface area contributed by atoms with E-state index in [4.69, 9.17) is 28.8 Å². The van der Waals surface area contributed by atoms with Crippen LogP contribution in [0.3, 0.4) is 0 Å². The number of fused-ring (bicyclic) bond motifs is 1. The van der Waals surface area contributed by atoms with Crippen LogP contribution in [0, 0.1) is 0 Å². The topological polar surface area (TPSA) is 223 Å². The predicted octanol–water partition coefficient (Wildman–Crippen LogP) is 3.05. The minimum Gasteiger partial charge on any atom is -0.456 e. The average molecular weight is 825 g/mol. The minimum atomic E-state index is -1.54. The zero-order chi connectivity index (χ0) is 42.4. The summed E-state index contributed by atoms with van der Waals surface area (Å²) in [4.78, 5) is 39.8. The van der Waals surface area contributed by atoms with Gasteiger partial charge < -0.3 is 59.9 Å². The van der Waals surface area contributed by atoms with E-state index >= 15 is 0 Å². The number of hydrogen-bond acceptors (Lipinski definition) is 13. The van der Waals surface area contributed by atoms with Gasteiger partial charge in [-0.05, 0) is 54.3 Å². The van der Waals surface area contributed by atoms with Gasteiger partial charge >= 0.3 is 5.97 Å². The van der Waals surface area contributed by atoms with Crippen LogP contribution in [0.2, 0.25) is 0 Å². The zero-order valence-corrected chi connectivity index (χ0v) is 33.9. The molecule has 0 spiro atoms. The number of aliphatic hydroxyl groups is 5. The third-order valence-electron chi connectivity index (χ3n) is 10.8. The summed E-state index contributed by atoms with van der Waals surface area (Å²) < 4.78 is 30.5. The van der Waals surface area contributed by atoms with Gasteiger partial charge in [0.1, 0.15) is 42.7 Å². The smallest absolute Gasteiger partial charge is 0.338 e. The van der Waals surface area contributed by atoms with Crippen LogP contribution in [0.25, 0.3) is 6.08 Å². The van der Waals surface area contributed by atoms with E-state index in [0.717, 1.165) is 44.1 Å². The van der Waals surface area contributed by atoms with Crippen molar-refractivity contribution in [1.82, 2.24) is 10.6 Å². The Bertz CT molecular complexity index is 1720. The molecule has 15 nitrogen and oxygen atoms in total. The van der Waals surface area contributed by atoms with Crippen LogP contribution >= 0.6 is 0 Å². The number of benzene rings is 2. The molecule has 2 fully saturated rings. The molecule has 5 rings (SSSR count). The molecule has 324 valence electrons. The summed E-state index contributed by atoms with van der Waals surface area (Å²) in [5, 5.41) is 54.2. The number of hydrogen-bond donors (Lipinski definition) is 7. The Morgan fingerprint density at radius 3 is 2.27 bits per heavy atom. The second kappa shape index (κ2) is 22.5. The van der Waals surface area contributed by atoms with Gasteiger partial charge in [-0.15, -0.1) is 0 Å². The molecule has 2 aromatic carbocycles. The third kappa shape index (κ3) is 12.5. The Labute approximate surface area is 345 Å². The molecule has 2 amide bonds. The number of rotatable bonds is 21. The first-order valence-electron chi connectivity index (χ1n) is 20.7. The maximum absolute atomic E-state index is 13.7. The van der Waals surface area contributed by atoms with Crippen LogP contribution in [0.15, 0.2) is 66.3 Å². The Hall–Kier alpha value is -4.03. The van der Waals surface area contributed by atoms with E-state index in [1.807, 2.05) is 0 Å². The van der Waals surface area contributed by atoms with Gasteiger partial charge in [0.25, 0.3) is 5.91 Å². The molecule has 0 aromatic heterocycles. The first-order valence-corrected chi connectivity index (χ1v) is 20.7. The molecule has 15 heteroatoms. The lowest BCUT2D eigenvalue weighted by atomic mass is 9.91. The van der Waals surface area contributed by atoms with Crippen LogP contribution in [-0.4, -0.2) is 124 Å². The SMILES string of the molecule is CCCCCC1(CCCCC)OC2C=C(C(=O)NCc3cccc(C(=O)NCCO)c3)CC(OC(=O)c3ccc(C=CCOC4OC(CO)C(O)C(O)C4O)cc3)C2O1. The van der Waals surface area contributed by atoms with Gasteiger partial charge in [0.05, 0.1) is 25.4 Å². The van der Waals surface area contributed by atoms with E-state index in [1.54, 1.807) is 66.8 Å². The summed E-state index contributed by atoms with van der Waals surface area (Å²) in [6, 6.07) is 13.5. The quantitative estimate of drug-likeness (QED) is 0.0712. The molecular formula is C44H60N2O13. The molecule has 2 aliphatic heterocycles. The first kappa shape index (κ1) is 46.0. The summed E-state index contributed by atoms with van der Waals surface area (Å²) in [5.74, 6) is -2.15. The molecule has 2 saturated heterocycles. The molecule has 8 atom stereocenters. The molecule has 8 unspecified atom stereocenters. The standard InChI is InChI=1S/C44H60N2O13/c1-3-5-7-18-44(19-8-6-4-2)58-34-25-32(41(53)46-26-29-11-9-13-31(23-29)40(52)45-20-21-47)24-33(39(34)59-44)56-42(54)30-16-14-28(15-17-30)12-10-22-55-43-38(51)37(50)36(49)35(27-48)57-43/h9-17,23,25,33-39,43,47-51H,3-8,18-22,24,26-27H2,1-2H3,(H,45,52)(H,46,53). The molecule has 59 heavy (non-hydrogen) atoms. The first-order chi connectivity index (χ1) is 28.5. The Balaban J connectivity index is 1.26. The molecule has 1 aliphatic carbocycles. The molecule has 0 radical (unpaired) electrons. The van der Waals surface area contributed by atoms with Crippen molar-refractivity contribution in [2.45, 2.75) is 133 Å². The fourth-order valence-electron chi connectivity index (χ4n) is 7.47. The Morgan fingerprint density at radius 1 is 0.864 bits per heavy atom. The van der Waals surface area contributed by atoms with Crippen molar-refractivity contribution >= 4 is 23.9 Å². The maximum atomic E-state index is 13.7. The number of carbonyl (C=O) groups excluding carboxylic acids is 3. The van der Waals surface area contributed by atoms with Crippen molar-refractivity contribution < 1.29 is 63.6 Å². The van der Waals surface area contributed by atoms with E-state index in [1.165, 1.54) is 0 Å². The second-order valence-electron chi connectivity index (χ2n) is 15.2. The van der Waals surface area contributed by atoms with Crippen LogP contribution in [0.5, 0.6) is 0 Å². The summed E-state index contributed by atoms with van der Waals surface area (Å²) in [7, 11) is 0. The predicted molar refractivity (Wildman–Crippen MR) is 216 cm³/mol. The number of aliphatic hydroxyl groups excluding tert-OH is 5. The molecule has 2 aromatic rings. The van der Waals surface area contributed by atoms with E-state index in [9.17, 15) is 34.8 Å². The summed E-state index contributed by atoms with van der Waals surface area (Å²) in [5.41, 5.74) is 2.52. The van der Waals surface area contributed by atoms with Crippen molar-refractivity contribution in [3.8, 4) is 0 Å². The van der Waals surface area contributed by atoms with E-state index < -0.39 is 67.4 Å². The highest BCUT2D eigenvalue weighted by molar-refractivity contribution is 5.95. The van der Waals surface area contributed by atoms with Crippen LogP contribution in [-0.2, 0) is 35.0 Å². The lowest BCUT2D eigenvalue weighted by Crippen LogP contribution is -2.59. The fourth-order valence-corrected chi connectivity index (χ4v) is 7.47. The molecule has 7 N–H and O–H groups in total. The fraction of sp³-hybridized carbons (Fsp3) is 0.568. The Morgan fingerprint density at radius 2 is 1.59 bits per heavy atom. The minimum absolute atomic E-state index is 0.0183. The summed E-state index contributed by atoms with van der Waals surface area (Å²) >= 11 is 0.